The van der Waals surface area contributed by atoms with E-state index in [0.717, 1.165) is 24.1 Å². The lowest BCUT2D eigenvalue weighted by Crippen LogP contribution is -2.46. The molecule has 1 unspecified atom stereocenters. The number of hydrazone groups is 1. The summed E-state index contributed by atoms with van der Waals surface area (Å²) in [6.45, 7) is 4.99. The number of anilines is 2. The molecule has 0 spiro atoms. The Labute approximate surface area is 213 Å². The zero-order valence-electron chi connectivity index (χ0n) is 21.3. The number of rotatable bonds is 10. The smallest absolute Gasteiger partial charge is 0.258 e. The second-order valence-electron chi connectivity index (χ2n) is 9.73. The van der Waals surface area contributed by atoms with Crippen LogP contribution in [-0.4, -0.2) is 41.4 Å². The highest BCUT2D eigenvalue weighted by molar-refractivity contribution is 6.16. The molecule has 1 N–H and O–H groups in total. The maximum Gasteiger partial charge on any atom is 0.258 e. The summed E-state index contributed by atoms with van der Waals surface area (Å²) in [6.07, 6.45) is 7.87. The Morgan fingerprint density at radius 3 is 2.61 bits per heavy atom. The first-order valence-corrected chi connectivity index (χ1v) is 13.1. The number of hydrogen-bond donors (Lipinski definition) is 1. The number of aryl methyl sites for hydroxylation is 1. The SMILES string of the molecule is CCCCCCCCC(=O)Nc1cccc(N2N=C3CCN(C(=O)c4ccccc4C)CC3C2=O)c1. The zero-order valence-corrected chi connectivity index (χ0v) is 21.3. The van der Waals surface area contributed by atoms with Gasteiger partial charge in [-0.1, -0.05) is 63.3 Å². The number of likely N-dealkylation sites (tertiary alicyclic amines) is 1. The van der Waals surface area contributed by atoms with Gasteiger partial charge < -0.3 is 10.2 Å². The third-order valence-corrected chi connectivity index (χ3v) is 6.97. The summed E-state index contributed by atoms with van der Waals surface area (Å²) in [5.74, 6) is -0.630. The van der Waals surface area contributed by atoms with Gasteiger partial charge in [-0.05, 0) is 43.2 Å². The fourth-order valence-corrected chi connectivity index (χ4v) is 4.86. The zero-order chi connectivity index (χ0) is 25.5. The monoisotopic (exact) mass is 488 g/mol. The van der Waals surface area contributed by atoms with Crippen LogP contribution < -0.4 is 10.3 Å². The predicted octanol–water partition coefficient (Wildman–Crippen LogP) is 5.55. The van der Waals surface area contributed by atoms with Crippen LogP contribution in [0, 0.1) is 12.8 Å². The minimum atomic E-state index is -0.433. The summed E-state index contributed by atoms with van der Waals surface area (Å²) >= 11 is 0. The van der Waals surface area contributed by atoms with Gasteiger partial charge in [-0.3, -0.25) is 14.4 Å². The average molecular weight is 489 g/mol. The van der Waals surface area contributed by atoms with Crippen LogP contribution in [0.1, 0.15) is 74.2 Å². The van der Waals surface area contributed by atoms with Crippen molar-refractivity contribution < 1.29 is 14.4 Å². The van der Waals surface area contributed by atoms with Gasteiger partial charge >= 0.3 is 0 Å². The van der Waals surface area contributed by atoms with Crippen LogP contribution in [0.4, 0.5) is 11.4 Å². The van der Waals surface area contributed by atoms with E-state index in [1.807, 2.05) is 49.4 Å². The summed E-state index contributed by atoms with van der Waals surface area (Å²) in [5, 5.41) is 8.97. The molecule has 36 heavy (non-hydrogen) atoms. The fraction of sp³-hybridized carbons (Fsp3) is 0.448. The van der Waals surface area contributed by atoms with E-state index in [1.165, 1.54) is 30.7 Å². The Morgan fingerprint density at radius 2 is 1.81 bits per heavy atom. The van der Waals surface area contributed by atoms with Gasteiger partial charge in [0.25, 0.3) is 11.8 Å². The molecule has 1 atom stereocenters. The van der Waals surface area contributed by atoms with Gasteiger partial charge in [0.15, 0.2) is 0 Å². The number of fused-ring (bicyclic) bond motifs is 1. The molecule has 190 valence electrons. The maximum absolute atomic E-state index is 13.3. The first-order chi connectivity index (χ1) is 17.5. The molecule has 0 radical (unpaired) electrons. The second-order valence-corrected chi connectivity index (χ2v) is 9.73. The minimum Gasteiger partial charge on any atom is -0.337 e. The van der Waals surface area contributed by atoms with E-state index in [4.69, 9.17) is 0 Å². The first kappa shape index (κ1) is 25.6. The number of benzene rings is 2. The van der Waals surface area contributed by atoms with Crippen molar-refractivity contribution in [3.8, 4) is 0 Å². The molecule has 2 aliphatic heterocycles. The first-order valence-electron chi connectivity index (χ1n) is 13.1. The van der Waals surface area contributed by atoms with E-state index in [-0.39, 0.29) is 17.7 Å². The topological polar surface area (TPSA) is 82.1 Å². The molecule has 1 saturated heterocycles. The van der Waals surface area contributed by atoms with E-state index in [2.05, 4.69) is 17.3 Å². The van der Waals surface area contributed by atoms with Gasteiger partial charge in [0.2, 0.25) is 5.91 Å². The van der Waals surface area contributed by atoms with Crippen molar-refractivity contribution in [1.82, 2.24) is 4.90 Å². The highest BCUT2D eigenvalue weighted by Gasteiger charge is 2.41. The van der Waals surface area contributed by atoms with Crippen molar-refractivity contribution in [2.75, 3.05) is 23.4 Å². The molecule has 3 amide bonds. The molecule has 2 aromatic rings. The lowest BCUT2D eigenvalue weighted by Gasteiger charge is -2.30. The quantitative estimate of drug-likeness (QED) is 0.445. The third kappa shape index (κ3) is 6.01. The molecule has 0 aromatic heterocycles. The lowest BCUT2D eigenvalue weighted by atomic mass is 9.94. The standard InChI is InChI=1S/C29H36N4O3/c1-3-4-5-6-7-8-16-27(34)30-22-13-11-14-23(19-22)33-29(36)25-20-32(18-17-26(25)31-33)28(35)24-15-10-9-12-21(24)2/h9-15,19,25H,3-8,16-18,20H2,1-2H3,(H,30,34). The summed E-state index contributed by atoms with van der Waals surface area (Å²) in [7, 11) is 0. The molecule has 7 heteroatoms. The van der Waals surface area contributed by atoms with Gasteiger partial charge in [0.05, 0.1) is 17.3 Å². The van der Waals surface area contributed by atoms with Crippen LogP contribution >= 0.6 is 0 Å². The normalized spacial score (nSPS) is 17.1. The number of piperidine rings is 1. The molecule has 4 rings (SSSR count). The van der Waals surface area contributed by atoms with Crippen LogP contribution in [0.25, 0.3) is 0 Å². The summed E-state index contributed by atoms with van der Waals surface area (Å²) in [5.41, 5.74) is 3.69. The van der Waals surface area contributed by atoms with Crippen LogP contribution in [0.2, 0.25) is 0 Å². The van der Waals surface area contributed by atoms with Crippen LogP contribution in [-0.2, 0) is 9.59 Å². The Hall–Kier alpha value is -3.48. The Bertz CT molecular complexity index is 1140. The van der Waals surface area contributed by atoms with Crippen molar-refractivity contribution in [3.05, 3.63) is 59.7 Å². The van der Waals surface area contributed by atoms with Crippen molar-refractivity contribution in [1.29, 1.82) is 0 Å². The number of nitrogens with one attached hydrogen (secondary N) is 1. The largest absolute Gasteiger partial charge is 0.337 e. The predicted molar refractivity (Wildman–Crippen MR) is 143 cm³/mol. The third-order valence-electron chi connectivity index (χ3n) is 6.97. The molecule has 0 saturated carbocycles. The molecule has 0 aliphatic carbocycles. The second kappa shape index (κ2) is 12.0. The Morgan fingerprint density at radius 1 is 1.03 bits per heavy atom. The molecule has 2 heterocycles. The number of amides is 3. The van der Waals surface area contributed by atoms with Crippen molar-refractivity contribution in [3.63, 3.8) is 0 Å². The van der Waals surface area contributed by atoms with Crippen molar-refractivity contribution in [2.45, 2.75) is 65.2 Å². The van der Waals surface area contributed by atoms with E-state index >= 15 is 0 Å². The number of hydrogen-bond acceptors (Lipinski definition) is 4. The van der Waals surface area contributed by atoms with Gasteiger partial charge in [-0.25, -0.2) is 5.01 Å². The van der Waals surface area contributed by atoms with Gasteiger partial charge in [0, 0.05) is 37.2 Å². The van der Waals surface area contributed by atoms with Crippen LogP contribution in [0.15, 0.2) is 53.6 Å². The van der Waals surface area contributed by atoms with E-state index in [1.54, 1.807) is 11.0 Å². The molecule has 7 nitrogen and oxygen atoms in total. The van der Waals surface area contributed by atoms with Gasteiger partial charge in [-0.15, -0.1) is 0 Å². The average Bonchev–Trinajstić information content (AvgIpc) is 3.22. The summed E-state index contributed by atoms with van der Waals surface area (Å²) < 4.78 is 0. The van der Waals surface area contributed by atoms with Crippen molar-refractivity contribution >= 4 is 34.8 Å². The fourth-order valence-electron chi connectivity index (χ4n) is 4.86. The van der Waals surface area contributed by atoms with E-state index in [0.29, 0.717) is 42.9 Å². The molecular formula is C29H36N4O3. The summed E-state index contributed by atoms with van der Waals surface area (Å²) in [4.78, 5) is 40.5. The molecule has 0 bridgehead atoms. The highest BCUT2D eigenvalue weighted by atomic mass is 16.2. The number of carbonyl (C=O) groups excluding carboxylic acids is 3. The number of nitrogens with zero attached hydrogens (tertiary/aromatic N) is 3. The Balaban J connectivity index is 1.35. The molecule has 1 fully saturated rings. The number of carbonyl (C=O) groups is 3. The van der Waals surface area contributed by atoms with Gasteiger partial charge in [-0.2, -0.15) is 5.10 Å². The Kier molecular flexibility index (Phi) is 8.52. The highest BCUT2D eigenvalue weighted by Crippen LogP contribution is 2.30. The summed E-state index contributed by atoms with van der Waals surface area (Å²) in [6, 6.07) is 14.8. The number of unbranched alkanes of at least 4 members (excludes halogenated alkanes) is 5. The lowest BCUT2D eigenvalue weighted by molar-refractivity contribution is -0.120. The minimum absolute atomic E-state index is 0.0132. The van der Waals surface area contributed by atoms with Crippen LogP contribution in [0.5, 0.6) is 0 Å². The maximum atomic E-state index is 13.3. The van der Waals surface area contributed by atoms with Crippen molar-refractivity contribution in [2.24, 2.45) is 11.0 Å². The van der Waals surface area contributed by atoms with Crippen LogP contribution in [0.3, 0.4) is 0 Å². The molecule has 2 aromatic carbocycles. The van der Waals surface area contributed by atoms with E-state index in [9.17, 15) is 14.4 Å². The van der Waals surface area contributed by atoms with Gasteiger partial charge in [0.1, 0.15) is 0 Å². The molecule has 2 aliphatic rings. The molecular weight excluding hydrogens is 452 g/mol. The van der Waals surface area contributed by atoms with E-state index < -0.39 is 5.92 Å².